The van der Waals surface area contributed by atoms with E-state index in [9.17, 15) is 56.3 Å². The van der Waals surface area contributed by atoms with E-state index in [2.05, 4.69) is 110 Å². The summed E-state index contributed by atoms with van der Waals surface area (Å²) in [5, 5.41) is 85.0. The van der Waals surface area contributed by atoms with Crippen LogP contribution in [0.1, 0.15) is 170 Å². The maximum atomic E-state index is 14.7. The van der Waals surface area contributed by atoms with E-state index in [4.69, 9.17) is 57.1 Å². The number of fused-ring (bicyclic) bond motifs is 10. The third-order valence-electron chi connectivity index (χ3n) is 24.8. The Morgan fingerprint density at radius 2 is 0.669 bits per heavy atom. The first-order chi connectivity index (χ1) is 67.5. The fourth-order valence-electron chi connectivity index (χ4n) is 17.2. The van der Waals surface area contributed by atoms with E-state index in [-0.39, 0.29) is 102 Å². The van der Waals surface area contributed by atoms with E-state index in [1.165, 1.54) is 80.9 Å². The number of aromatic nitrogens is 15. The van der Waals surface area contributed by atoms with Crippen LogP contribution in [0.25, 0.3) is 57.0 Å². The Kier molecular flexibility index (Phi) is 27.4. The van der Waals surface area contributed by atoms with Crippen molar-refractivity contribution < 1.29 is 84.7 Å². The van der Waals surface area contributed by atoms with Gasteiger partial charge in [0.05, 0.1) is 94.6 Å². The van der Waals surface area contributed by atoms with Gasteiger partial charge in [-0.1, -0.05) is 32.9 Å². The molecule has 0 bridgehead atoms. The van der Waals surface area contributed by atoms with Crippen LogP contribution in [0.15, 0.2) is 174 Å². The molecule has 10 atom stereocenters. The van der Waals surface area contributed by atoms with Crippen molar-refractivity contribution in [1.82, 2.24) is 73.0 Å². The van der Waals surface area contributed by atoms with Crippen LogP contribution in [0.2, 0.25) is 0 Å². The van der Waals surface area contributed by atoms with Crippen molar-refractivity contribution in [3.05, 3.63) is 292 Å². The zero-order chi connectivity index (χ0) is 102. The fraction of sp³-hybridized carbons (Fsp3) is 0.293. The molecule has 742 valence electrons. The second kappa shape index (κ2) is 39.4. The lowest BCUT2D eigenvalue weighted by molar-refractivity contribution is 0.0947. The molecule has 0 amide bonds. The Bertz CT molecular complexity index is 7310. The summed E-state index contributed by atoms with van der Waals surface area (Å²) >= 11 is 0. The van der Waals surface area contributed by atoms with Crippen LogP contribution in [0.3, 0.4) is 0 Å². The number of nitrogens with zero attached hydrogens (tertiary/aromatic N) is 15. The predicted octanol–water partition coefficient (Wildman–Crippen LogP) is 15.8. The largest absolute Gasteiger partial charge is 0.508 e. The molecule has 10 aromatic heterocycles. The van der Waals surface area contributed by atoms with Gasteiger partial charge >= 0.3 is 0 Å². The molecule has 0 saturated heterocycles. The van der Waals surface area contributed by atoms with E-state index < -0.39 is 63.6 Å². The molecule has 5 aliphatic rings. The molecule has 0 spiro atoms. The SMILES string of the molecule is C=C(O)c1cnn2ccc(N[C@H](C)c3c(F)c(F)cc4c3OC(C)(CN)C4)nc12.C=C(O)c1cnn2ccc(N[C@H](C)c3cc(F)c(F)c4c3OC(C)(CN)C4)nc12.C=C(O)c1cnn2ccc(N[C@H](C)c3cc(F)cc4c3O[C@@](C)(CN)C4)nc12.C=C(O)c1cnn2ccc(N[C@H](C)c3cc(F)cc4c3O[C@H](CN)CO4)nc12.C=C(O)c1cnn2ccc(N[C@H](C)c3cc(F)cc4c3O[C@](C)(CN)C4)nc12. The van der Waals surface area contributed by atoms with Crippen LogP contribution in [0, 0.1) is 40.7 Å². The summed E-state index contributed by atoms with van der Waals surface area (Å²) in [7, 11) is 0. The Hall–Kier alpha value is -16.0. The summed E-state index contributed by atoms with van der Waals surface area (Å²) in [5.74, 6) is -0.164. The minimum atomic E-state index is -0.972. The van der Waals surface area contributed by atoms with Crippen molar-refractivity contribution in [3.63, 3.8) is 0 Å². The van der Waals surface area contributed by atoms with Gasteiger partial charge in [-0.15, -0.1) is 0 Å². The van der Waals surface area contributed by atoms with Gasteiger partial charge in [-0.3, -0.25) is 0 Å². The topological polar surface area (TPSA) is 498 Å². The number of rotatable bonds is 25. The molecular weight excluding hydrogens is 1850 g/mol. The summed E-state index contributed by atoms with van der Waals surface area (Å²) in [4.78, 5) is 22.3. The predicted molar refractivity (Wildman–Crippen MR) is 521 cm³/mol. The summed E-state index contributed by atoms with van der Waals surface area (Å²) in [6.07, 6.45) is 17.3. The number of halogens is 7. The second-order valence-corrected chi connectivity index (χ2v) is 36.2. The Balaban J connectivity index is 0.000000128. The van der Waals surface area contributed by atoms with Gasteiger partial charge in [0, 0.05) is 140 Å². The quantitative estimate of drug-likeness (QED) is 0.0187. The maximum absolute atomic E-state index is 14.7. The van der Waals surface area contributed by atoms with Crippen LogP contribution in [-0.4, -0.2) is 166 Å². The number of nitrogens with one attached hydrogen (secondary N) is 5. The van der Waals surface area contributed by atoms with Gasteiger partial charge in [-0.25, -0.2) is 78.2 Å². The molecule has 2 unspecified atom stereocenters. The number of hydrogen-bond donors (Lipinski definition) is 15. The first kappa shape index (κ1) is 99.0. The van der Waals surface area contributed by atoms with Gasteiger partial charge in [-0.05, 0) is 135 Å². The van der Waals surface area contributed by atoms with Crippen LogP contribution < -0.4 is 83.7 Å². The molecule has 15 heterocycles. The number of benzene rings is 5. The number of aliphatic hydroxyl groups is 5. The molecule has 0 saturated carbocycles. The van der Waals surface area contributed by atoms with Crippen molar-refractivity contribution in [2.45, 2.75) is 147 Å². The average Bonchev–Trinajstić information content (AvgIpc) is 1.53. The molecule has 5 aromatic carbocycles. The van der Waals surface area contributed by atoms with Gasteiger partial charge in [0.1, 0.15) is 133 Å². The van der Waals surface area contributed by atoms with Crippen LogP contribution in [0.4, 0.5) is 59.8 Å². The highest BCUT2D eigenvalue weighted by Gasteiger charge is 2.43. The van der Waals surface area contributed by atoms with Crippen LogP contribution in [-0.2, 0) is 25.7 Å². The standard InChI is InChI=1S/2C20H21F2N5O2.2C20H22FN5O2.C19H20FN5O3/c1-10(25-16-4-5-27-19(26-16)14(8-24-27)11(2)28)12-6-15(21)17(22)13-7-20(3,9-23)29-18(12)13;1-10(25-15-4-5-27-19(26-15)13(8-24-27)11(2)28)16-17(22)14(21)6-12-7-20(3,9-23)29-18(12)16;2*1-11(15-7-14(21)6-13-8-20(3,10-22)28-18(13)15)24-17-4-5-26-19(25-17)16(9-23-26)12(2)27;1-10(14-5-12(20)6-16-18(14)28-13(7-21)9-27-16)23-17-3-4-25-19(24-17)15(8-22-25)11(2)26/h2*4-6,8,10,28H,2,7,9,23H2,1,3H3,(H,25,26);2*4-7,9,11,27H,2,8,10,22H2,1,3H3,(H,24,25);3-6,8,10,13,26H,2,7,9,21H2,1H3,(H,23,24)/t2*10-,20?;11-,20+;11-,20-;10-,13-/m11111/s1. The second-order valence-electron chi connectivity index (χ2n) is 36.2. The van der Waals surface area contributed by atoms with E-state index in [0.29, 0.717) is 186 Å². The molecule has 0 fully saturated rings. The summed E-state index contributed by atoms with van der Waals surface area (Å²) < 4.78 is 143. The molecule has 36 nitrogen and oxygen atoms in total. The Morgan fingerprint density at radius 3 is 1.00 bits per heavy atom. The van der Waals surface area contributed by atoms with Crippen LogP contribution >= 0.6 is 0 Å². The monoisotopic (exact) mass is 1950 g/mol. The van der Waals surface area contributed by atoms with Gasteiger partial charge < -0.3 is 109 Å². The van der Waals surface area contributed by atoms with Crippen molar-refractivity contribution in [2.75, 3.05) is 65.9 Å². The minimum Gasteiger partial charge on any atom is -0.508 e. The smallest absolute Gasteiger partial charge is 0.168 e. The fourth-order valence-corrected chi connectivity index (χ4v) is 17.2. The van der Waals surface area contributed by atoms with E-state index >= 15 is 0 Å². The summed E-state index contributed by atoms with van der Waals surface area (Å²) in [5.41, 5.74) is 35.6. The molecule has 43 heteroatoms. The number of hydrogen-bond acceptors (Lipinski definition) is 31. The molecule has 142 heavy (non-hydrogen) atoms. The Labute approximate surface area is 808 Å². The van der Waals surface area contributed by atoms with Gasteiger partial charge in [0.15, 0.2) is 63.0 Å². The number of aliphatic hydroxyl groups excluding tert-OH is 5. The van der Waals surface area contributed by atoms with Crippen LogP contribution in [0.5, 0.6) is 34.5 Å². The van der Waals surface area contributed by atoms with Crippen molar-refractivity contribution in [3.8, 4) is 34.5 Å². The van der Waals surface area contributed by atoms with E-state index in [1.54, 1.807) is 91.1 Å². The Morgan fingerprint density at radius 1 is 0.380 bits per heavy atom. The normalized spacial score (nSPS) is 18.7. The third-order valence-corrected chi connectivity index (χ3v) is 24.8. The summed E-state index contributed by atoms with van der Waals surface area (Å²) in [6, 6.07) is 17.5. The van der Waals surface area contributed by atoms with E-state index in [1.807, 2.05) is 41.5 Å². The lowest BCUT2D eigenvalue weighted by atomic mass is 9.96. The van der Waals surface area contributed by atoms with Gasteiger partial charge in [0.2, 0.25) is 0 Å². The average molecular weight is 1960 g/mol. The lowest BCUT2D eigenvalue weighted by Gasteiger charge is -2.29. The third kappa shape index (κ3) is 20.2. The summed E-state index contributed by atoms with van der Waals surface area (Å²) in [6.45, 7) is 35.8. The number of nitrogens with two attached hydrogens (primary N) is 5. The highest BCUT2D eigenvalue weighted by atomic mass is 19.2. The molecule has 20 N–H and O–H groups in total. The molecule has 5 aliphatic heterocycles. The molecule has 0 aliphatic carbocycles. The van der Waals surface area contributed by atoms with E-state index in [0.717, 1.165) is 23.3 Å². The first-order valence-corrected chi connectivity index (χ1v) is 45.0. The highest BCUT2D eigenvalue weighted by molar-refractivity contribution is 5.75. The molecule has 0 radical (unpaired) electrons. The van der Waals surface area contributed by atoms with Crippen molar-refractivity contribution in [1.29, 1.82) is 0 Å². The molecule has 15 aromatic rings. The number of ether oxygens (including phenoxy) is 6. The lowest BCUT2D eigenvalue weighted by Crippen LogP contribution is -2.39. The molecule has 20 rings (SSSR count). The van der Waals surface area contributed by atoms with Gasteiger partial charge in [-0.2, -0.15) is 25.5 Å². The van der Waals surface area contributed by atoms with Crippen molar-refractivity contribution in [2.24, 2.45) is 28.7 Å². The zero-order valence-electron chi connectivity index (χ0n) is 78.8. The maximum Gasteiger partial charge on any atom is 0.168 e. The molecular formula is C99H106F7N25O11. The highest BCUT2D eigenvalue weighted by Crippen LogP contribution is 2.49. The minimum absolute atomic E-state index is 0.0825. The zero-order valence-corrected chi connectivity index (χ0v) is 78.8. The van der Waals surface area contributed by atoms with Crippen molar-refractivity contribution >= 4 is 86.1 Å². The van der Waals surface area contributed by atoms with Gasteiger partial charge in [0.25, 0.3) is 0 Å². The number of anilines is 5. The first-order valence-electron chi connectivity index (χ1n) is 45.0.